The Hall–Kier alpha value is -2.69. The van der Waals surface area contributed by atoms with Crippen molar-refractivity contribution in [3.63, 3.8) is 0 Å². The topological polar surface area (TPSA) is 53.5 Å². The molecule has 0 aliphatic carbocycles. The molecule has 0 N–H and O–H groups in total. The average molecular weight is 321 g/mol. The fourth-order valence-electron chi connectivity index (χ4n) is 3.55. The molecule has 5 heteroatoms. The van der Waals surface area contributed by atoms with E-state index in [0.717, 1.165) is 5.56 Å². The van der Waals surface area contributed by atoms with Crippen molar-refractivity contribution in [2.45, 2.75) is 26.1 Å². The summed E-state index contributed by atoms with van der Waals surface area (Å²) in [5.41, 5.74) is 3.41. The lowest BCUT2D eigenvalue weighted by atomic mass is 10.1. The number of pyridine rings is 1. The first-order valence-electron chi connectivity index (χ1n) is 8.23. The minimum absolute atomic E-state index is 0.0499. The number of hydrogen-bond donors (Lipinski definition) is 0. The van der Waals surface area contributed by atoms with Crippen LogP contribution in [0.5, 0.6) is 0 Å². The third-order valence-electron chi connectivity index (χ3n) is 4.81. The Morgan fingerprint density at radius 3 is 2.54 bits per heavy atom. The summed E-state index contributed by atoms with van der Waals surface area (Å²) in [6.45, 7) is 2.33. The summed E-state index contributed by atoms with van der Waals surface area (Å²) in [5, 5.41) is 0. The fraction of sp³-hybridized carbons (Fsp3) is 0.316. The fourth-order valence-corrected chi connectivity index (χ4v) is 3.55. The highest BCUT2D eigenvalue weighted by Crippen LogP contribution is 2.27. The standard InChI is InChI=1S/C19H19N3O2/c23-18-8-17(13-21(18)10-14-4-3-7-20-9-14)19(24)22-11-15-5-1-2-6-16(15)12-22/h1-7,9,17H,8,10-13H2/t17-/m1/s1. The molecule has 1 aromatic carbocycles. The Morgan fingerprint density at radius 1 is 1.12 bits per heavy atom. The van der Waals surface area contributed by atoms with Crippen LogP contribution in [0.25, 0.3) is 0 Å². The smallest absolute Gasteiger partial charge is 0.228 e. The van der Waals surface area contributed by atoms with Gasteiger partial charge in [0.05, 0.1) is 5.92 Å². The zero-order valence-electron chi connectivity index (χ0n) is 13.4. The van der Waals surface area contributed by atoms with Gasteiger partial charge in [-0.05, 0) is 22.8 Å². The lowest BCUT2D eigenvalue weighted by Crippen LogP contribution is -2.33. The molecule has 2 aliphatic rings. The Kier molecular flexibility index (Phi) is 3.76. The molecule has 0 radical (unpaired) electrons. The monoisotopic (exact) mass is 321 g/mol. The summed E-state index contributed by atoms with van der Waals surface area (Å²) < 4.78 is 0. The molecule has 24 heavy (non-hydrogen) atoms. The molecular weight excluding hydrogens is 302 g/mol. The number of benzene rings is 1. The van der Waals surface area contributed by atoms with Crippen LogP contribution in [0.4, 0.5) is 0 Å². The van der Waals surface area contributed by atoms with E-state index >= 15 is 0 Å². The number of fused-ring (bicyclic) bond motifs is 1. The third-order valence-corrected chi connectivity index (χ3v) is 4.81. The van der Waals surface area contributed by atoms with Crippen molar-refractivity contribution in [3.8, 4) is 0 Å². The molecule has 1 saturated heterocycles. The quantitative estimate of drug-likeness (QED) is 0.868. The van der Waals surface area contributed by atoms with Gasteiger partial charge in [-0.1, -0.05) is 30.3 Å². The highest BCUT2D eigenvalue weighted by molar-refractivity contribution is 5.89. The zero-order chi connectivity index (χ0) is 16.5. The number of aromatic nitrogens is 1. The average Bonchev–Trinajstić information content (AvgIpc) is 3.19. The molecule has 1 atom stereocenters. The molecule has 0 saturated carbocycles. The maximum absolute atomic E-state index is 12.8. The van der Waals surface area contributed by atoms with E-state index in [4.69, 9.17) is 0 Å². The van der Waals surface area contributed by atoms with Crippen LogP contribution in [0.15, 0.2) is 48.8 Å². The van der Waals surface area contributed by atoms with E-state index < -0.39 is 0 Å². The van der Waals surface area contributed by atoms with Gasteiger partial charge in [-0.15, -0.1) is 0 Å². The summed E-state index contributed by atoms with van der Waals surface area (Å²) in [6.07, 6.45) is 3.79. The van der Waals surface area contributed by atoms with Crippen LogP contribution in [-0.2, 0) is 29.2 Å². The molecule has 2 aromatic rings. The zero-order valence-corrected chi connectivity index (χ0v) is 13.4. The molecule has 2 amide bonds. The maximum Gasteiger partial charge on any atom is 0.228 e. The second kappa shape index (κ2) is 6.07. The molecule has 5 nitrogen and oxygen atoms in total. The summed E-state index contributed by atoms with van der Waals surface area (Å²) in [4.78, 5) is 32.8. The van der Waals surface area contributed by atoms with Crippen molar-refractivity contribution in [1.82, 2.24) is 14.8 Å². The van der Waals surface area contributed by atoms with Gasteiger partial charge >= 0.3 is 0 Å². The maximum atomic E-state index is 12.8. The van der Waals surface area contributed by atoms with Gasteiger partial charge in [0.2, 0.25) is 11.8 Å². The molecule has 0 bridgehead atoms. The number of nitrogens with zero attached hydrogens (tertiary/aromatic N) is 3. The summed E-state index contributed by atoms with van der Waals surface area (Å²) in [6, 6.07) is 11.9. The second-order valence-corrected chi connectivity index (χ2v) is 6.50. The highest BCUT2D eigenvalue weighted by atomic mass is 16.2. The van der Waals surface area contributed by atoms with E-state index in [1.165, 1.54) is 11.1 Å². The van der Waals surface area contributed by atoms with Crippen LogP contribution in [0.3, 0.4) is 0 Å². The minimum Gasteiger partial charge on any atom is -0.337 e. The van der Waals surface area contributed by atoms with E-state index in [0.29, 0.717) is 32.6 Å². The molecule has 1 fully saturated rings. The van der Waals surface area contributed by atoms with Crippen molar-refractivity contribution in [2.24, 2.45) is 5.92 Å². The summed E-state index contributed by atoms with van der Waals surface area (Å²) in [7, 11) is 0. The third kappa shape index (κ3) is 2.77. The van der Waals surface area contributed by atoms with Crippen LogP contribution < -0.4 is 0 Å². The summed E-state index contributed by atoms with van der Waals surface area (Å²) in [5.74, 6) is -0.0920. The molecule has 2 aliphatic heterocycles. The number of carbonyl (C=O) groups excluding carboxylic acids is 2. The minimum atomic E-state index is -0.233. The van der Waals surface area contributed by atoms with Gasteiger partial charge in [-0.25, -0.2) is 0 Å². The molecule has 0 spiro atoms. The van der Waals surface area contributed by atoms with Crippen LogP contribution in [0.2, 0.25) is 0 Å². The van der Waals surface area contributed by atoms with Crippen molar-refractivity contribution in [3.05, 3.63) is 65.5 Å². The number of likely N-dealkylation sites (tertiary alicyclic amines) is 1. The molecule has 3 heterocycles. The first-order chi connectivity index (χ1) is 11.7. The SMILES string of the molecule is O=C1C[C@@H](C(=O)N2Cc3ccccc3C2)CN1Cc1cccnc1. The predicted molar refractivity (Wildman–Crippen MR) is 88.5 cm³/mol. The lowest BCUT2D eigenvalue weighted by Gasteiger charge is -2.20. The largest absolute Gasteiger partial charge is 0.337 e. The molecule has 1 aromatic heterocycles. The Labute approximate surface area is 140 Å². The van der Waals surface area contributed by atoms with E-state index in [2.05, 4.69) is 17.1 Å². The highest BCUT2D eigenvalue weighted by Gasteiger charge is 2.37. The van der Waals surface area contributed by atoms with E-state index in [1.807, 2.05) is 29.2 Å². The van der Waals surface area contributed by atoms with Crippen LogP contribution in [0.1, 0.15) is 23.1 Å². The number of rotatable bonds is 3. The van der Waals surface area contributed by atoms with Gasteiger partial charge < -0.3 is 9.80 Å². The first-order valence-corrected chi connectivity index (χ1v) is 8.23. The Balaban J connectivity index is 1.41. The van der Waals surface area contributed by atoms with E-state index in [9.17, 15) is 9.59 Å². The lowest BCUT2D eigenvalue weighted by molar-refractivity contribution is -0.136. The number of carbonyl (C=O) groups is 2. The van der Waals surface area contributed by atoms with Gasteiger partial charge in [0, 0.05) is 45.0 Å². The molecular formula is C19H19N3O2. The molecule has 0 unspecified atom stereocenters. The van der Waals surface area contributed by atoms with Crippen molar-refractivity contribution in [1.29, 1.82) is 0 Å². The first kappa shape index (κ1) is 14.9. The normalized spacial score (nSPS) is 19.7. The van der Waals surface area contributed by atoms with Gasteiger partial charge in [-0.3, -0.25) is 14.6 Å². The van der Waals surface area contributed by atoms with E-state index in [1.54, 1.807) is 17.3 Å². The Morgan fingerprint density at radius 2 is 1.88 bits per heavy atom. The predicted octanol–water partition coefficient (Wildman–Crippen LogP) is 1.97. The number of hydrogen-bond acceptors (Lipinski definition) is 3. The molecule has 122 valence electrons. The van der Waals surface area contributed by atoms with Gasteiger partial charge in [0.15, 0.2) is 0 Å². The van der Waals surface area contributed by atoms with Crippen molar-refractivity contribution < 1.29 is 9.59 Å². The van der Waals surface area contributed by atoms with Crippen LogP contribution >= 0.6 is 0 Å². The molecule has 4 rings (SSSR count). The summed E-state index contributed by atoms with van der Waals surface area (Å²) >= 11 is 0. The van der Waals surface area contributed by atoms with Crippen LogP contribution in [-0.4, -0.2) is 33.1 Å². The Bertz CT molecular complexity index is 750. The van der Waals surface area contributed by atoms with Crippen molar-refractivity contribution in [2.75, 3.05) is 6.54 Å². The van der Waals surface area contributed by atoms with Crippen molar-refractivity contribution >= 4 is 11.8 Å². The van der Waals surface area contributed by atoms with Crippen LogP contribution in [0, 0.1) is 5.92 Å². The van der Waals surface area contributed by atoms with Gasteiger partial charge in [-0.2, -0.15) is 0 Å². The van der Waals surface area contributed by atoms with Gasteiger partial charge in [0.25, 0.3) is 0 Å². The second-order valence-electron chi connectivity index (χ2n) is 6.50. The van der Waals surface area contributed by atoms with Gasteiger partial charge in [0.1, 0.15) is 0 Å². The number of amides is 2. The van der Waals surface area contributed by atoms with E-state index in [-0.39, 0.29) is 17.7 Å².